The lowest BCUT2D eigenvalue weighted by Gasteiger charge is -2.21. The van der Waals surface area contributed by atoms with Crippen molar-refractivity contribution in [2.75, 3.05) is 39.6 Å². The average molecular weight is 1310 g/mol. The maximum atomic E-state index is 13.0. The molecule has 0 radical (unpaired) electrons. The number of phosphoric acid groups is 2. The minimum Gasteiger partial charge on any atom is -0.462 e. The number of unbranched alkanes of at least 4 members (excludes halogenated alkanes) is 36. The number of carbonyl (C=O) groups excluding carboxylic acids is 4. The molecule has 19 heteroatoms. The van der Waals surface area contributed by atoms with Crippen LogP contribution >= 0.6 is 15.6 Å². The number of hydrogen-bond acceptors (Lipinski definition) is 15. The van der Waals surface area contributed by atoms with Crippen LogP contribution in [0.25, 0.3) is 0 Å². The van der Waals surface area contributed by atoms with E-state index in [1.807, 2.05) is 0 Å². The van der Waals surface area contributed by atoms with Crippen LogP contribution in [0.3, 0.4) is 0 Å². The van der Waals surface area contributed by atoms with Gasteiger partial charge in [0.1, 0.15) is 19.3 Å². The Hall–Kier alpha value is -1.94. The molecule has 0 saturated carbocycles. The number of aliphatic hydroxyl groups is 1. The van der Waals surface area contributed by atoms with Gasteiger partial charge in [0.15, 0.2) is 12.2 Å². The normalized spacial score (nSPS) is 14.2. The molecule has 0 heterocycles. The van der Waals surface area contributed by atoms with Crippen LogP contribution in [-0.4, -0.2) is 96.7 Å². The number of ether oxygens (including phenoxy) is 4. The van der Waals surface area contributed by atoms with E-state index in [2.05, 4.69) is 48.5 Å². The van der Waals surface area contributed by atoms with Crippen molar-refractivity contribution in [2.45, 2.75) is 369 Å². The van der Waals surface area contributed by atoms with Crippen LogP contribution in [0.2, 0.25) is 0 Å². The van der Waals surface area contributed by atoms with Crippen molar-refractivity contribution in [1.29, 1.82) is 0 Å². The first-order valence-electron chi connectivity index (χ1n) is 36.3. The Morgan fingerprint density at radius 3 is 0.764 bits per heavy atom. The average Bonchev–Trinajstić information content (AvgIpc) is 3.68. The monoisotopic (exact) mass is 1310 g/mol. The third-order valence-electron chi connectivity index (χ3n) is 16.1. The van der Waals surface area contributed by atoms with Crippen LogP contribution in [0.15, 0.2) is 0 Å². The Bertz CT molecular complexity index is 1750. The van der Waals surface area contributed by atoms with E-state index >= 15 is 0 Å². The fourth-order valence-electron chi connectivity index (χ4n) is 10.5. The molecule has 5 atom stereocenters. The van der Waals surface area contributed by atoms with Gasteiger partial charge in [-0.05, 0) is 43.4 Å². The van der Waals surface area contributed by atoms with E-state index in [-0.39, 0.29) is 25.7 Å². The molecule has 0 bridgehead atoms. The lowest BCUT2D eigenvalue weighted by molar-refractivity contribution is -0.161. The quantitative estimate of drug-likeness (QED) is 0.0222. The number of esters is 4. The number of rotatable bonds is 68. The molecule has 0 saturated heterocycles. The summed E-state index contributed by atoms with van der Waals surface area (Å²) in [5.74, 6) is 0.0985. The first kappa shape index (κ1) is 87.1. The summed E-state index contributed by atoms with van der Waals surface area (Å²) < 4.78 is 68.3. The van der Waals surface area contributed by atoms with Crippen molar-refractivity contribution < 1.29 is 80.2 Å². The smallest absolute Gasteiger partial charge is 0.462 e. The summed E-state index contributed by atoms with van der Waals surface area (Å²) in [7, 11) is -9.90. The van der Waals surface area contributed by atoms with Crippen LogP contribution < -0.4 is 0 Å². The second-order valence-corrected chi connectivity index (χ2v) is 29.6. The molecule has 0 rings (SSSR count). The fraction of sp³-hybridized carbons (Fsp3) is 0.943. The lowest BCUT2D eigenvalue weighted by atomic mass is 10.0. The van der Waals surface area contributed by atoms with Gasteiger partial charge in [0.25, 0.3) is 0 Å². The summed E-state index contributed by atoms with van der Waals surface area (Å²) >= 11 is 0. The first-order chi connectivity index (χ1) is 42.7. The molecule has 0 aromatic rings. The van der Waals surface area contributed by atoms with Crippen LogP contribution in [0, 0.1) is 17.8 Å². The molecular weight excluding hydrogens is 1170 g/mol. The van der Waals surface area contributed by atoms with E-state index in [1.54, 1.807) is 0 Å². The molecule has 0 aliphatic heterocycles. The molecular formula is C70H136O17P2. The highest BCUT2D eigenvalue weighted by molar-refractivity contribution is 7.47. The molecule has 528 valence electrons. The summed E-state index contributed by atoms with van der Waals surface area (Å²) in [5, 5.41) is 10.6. The van der Waals surface area contributed by atoms with Crippen molar-refractivity contribution in [3.63, 3.8) is 0 Å². The van der Waals surface area contributed by atoms with Gasteiger partial charge in [-0.1, -0.05) is 299 Å². The fourth-order valence-corrected chi connectivity index (χ4v) is 12.1. The molecule has 0 aromatic carbocycles. The van der Waals surface area contributed by atoms with Gasteiger partial charge in [0.2, 0.25) is 0 Å². The zero-order chi connectivity index (χ0) is 65.9. The second-order valence-electron chi connectivity index (χ2n) is 26.7. The Morgan fingerprint density at radius 2 is 0.517 bits per heavy atom. The molecule has 0 amide bonds. The maximum Gasteiger partial charge on any atom is 0.472 e. The lowest BCUT2D eigenvalue weighted by Crippen LogP contribution is -2.30. The molecule has 89 heavy (non-hydrogen) atoms. The van der Waals surface area contributed by atoms with Crippen molar-refractivity contribution in [1.82, 2.24) is 0 Å². The van der Waals surface area contributed by atoms with Crippen molar-refractivity contribution >= 4 is 39.5 Å². The molecule has 2 unspecified atom stereocenters. The molecule has 17 nitrogen and oxygen atoms in total. The molecule has 0 aromatic heterocycles. The van der Waals surface area contributed by atoms with Gasteiger partial charge in [-0.2, -0.15) is 0 Å². The zero-order valence-corrected chi connectivity index (χ0v) is 59.7. The predicted octanol–water partition coefficient (Wildman–Crippen LogP) is 19.8. The maximum absolute atomic E-state index is 13.0. The van der Waals surface area contributed by atoms with Crippen LogP contribution in [0.1, 0.15) is 350 Å². The predicted molar refractivity (Wildman–Crippen MR) is 358 cm³/mol. The summed E-state index contributed by atoms with van der Waals surface area (Å²) in [6.07, 6.45) is 44.4. The number of phosphoric ester groups is 2. The van der Waals surface area contributed by atoms with Gasteiger partial charge in [0, 0.05) is 25.7 Å². The van der Waals surface area contributed by atoms with Gasteiger partial charge >= 0.3 is 39.5 Å². The van der Waals surface area contributed by atoms with Crippen molar-refractivity contribution in [3.05, 3.63) is 0 Å². The summed E-state index contributed by atoms with van der Waals surface area (Å²) in [5.41, 5.74) is 0. The van der Waals surface area contributed by atoms with E-state index < -0.39 is 97.5 Å². The largest absolute Gasteiger partial charge is 0.472 e. The SMILES string of the molecule is CCCCCCCCCCCCCCCC(=O)O[C@H](COC(=O)CCCCCCCCCCCC(C)C)COP(=O)(O)OC[C@@H](O)COP(=O)(O)OC[C@@H](COC(=O)CCCCCCCCCCCC(C)C)OC(=O)CCCCCCCCCCCC(C)C. The third-order valence-corrected chi connectivity index (χ3v) is 18.0. The van der Waals surface area contributed by atoms with E-state index in [9.17, 15) is 43.2 Å². The highest BCUT2D eigenvalue weighted by atomic mass is 31.2. The first-order valence-corrected chi connectivity index (χ1v) is 39.3. The minimum absolute atomic E-state index is 0.105. The molecule has 3 N–H and O–H groups in total. The summed E-state index contributed by atoms with van der Waals surface area (Å²) in [6, 6.07) is 0. The van der Waals surface area contributed by atoms with E-state index in [0.717, 1.165) is 108 Å². The highest BCUT2D eigenvalue weighted by Crippen LogP contribution is 2.45. The standard InChI is InChI=1S/C70H136O17P2/c1-8-9-10-11-12-13-14-15-16-23-32-39-46-53-69(74)86-65(57-80-67(72)51-44-37-30-24-17-20-27-34-41-48-61(2)3)59-84-88(76,77)82-55-64(71)56-83-89(78,79)85-60-66(87-70(75)54-47-40-33-26-19-22-29-36-43-50-63(6)7)58-81-68(73)52-45-38-31-25-18-21-28-35-42-49-62(4)5/h61-66,71H,8-60H2,1-7H3,(H,76,77)(H,78,79)/t64-,65-,66-/m1/s1. The minimum atomic E-state index is -4.95. The Labute approximate surface area is 543 Å². The van der Waals surface area contributed by atoms with Gasteiger partial charge < -0.3 is 33.8 Å². The molecule has 0 fully saturated rings. The van der Waals surface area contributed by atoms with E-state index in [0.29, 0.717) is 25.7 Å². The number of aliphatic hydroxyl groups excluding tert-OH is 1. The van der Waals surface area contributed by atoms with Crippen LogP contribution in [0.4, 0.5) is 0 Å². The van der Waals surface area contributed by atoms with Gasteiger partial charge in [-0.3, -0.25) is 37.3 Å². The Morgan fingerprint density at radius 1 is 0.303 bits per heavy atom. The molecule has 0 aliphatic carbocycles. The highest BCUT2D eigenvalue weighted by Gasteiger charge is 2.30. The van der Waals surface area contributed by atoms with Crippen molar-refractivity contribution in [2.24, 2.45) is 17.8 Å². The van der Waals surface area contributed by atoms with Gasteiger partial charge in [-0.25, -0.2) is 9.13 Å². The number of hydrogen-bond donors (Lipinski definition) is 3. The molecule has 0 aliphatic rings. The van der Waals surface area contributed by atoms with E-state index in [1.165, 1.54) is 161 Å². The Balaban J connectivity index is 5.26. The number of carbonyl (C=O) groups is 4. The summed E-state index contributed by atoms with van der Waals surface area (Å²) in [4.78, 5) is 72.6. The Kier molecular flexibility index (Phi) is 59.6. The van der Waals surface area contributed by atoms with Gasteiger partial charge in [0.05, 0.1) is 26.4 Å². The van der Waals surface area contributed by atoms with Crippen LogP contribution in [0.5, 0.6) is 0 Å². The van der Waals surface area contributed by atoms with Crippen molar-refractivity contribution in [3.8, 4) is 0 Å². The summed E-state index contributed by atoms with van der Waals surface area (Å²) in [6.45, 7) is 11.8. The third kappa shape index (κ3) is 64.6. The van der Waals surface area contributed by atoms with Gasteiger partial charge in [-0.15, -0.1) is 0 Å². The van der Waals surface area contributed by atoms with Crippen LogP contribution in [-0.2, 0) is 65.4 Å². The topological polar surface area (TPSA) is 237 Å². The second kappa shape index (κ2) is 61.0. The molecule has 0 spiro atoms. The van der Waals surface area contributed by atoms with E-state index in [4.69, 9.17) is 37.0 Å². The zero-order valence-electron chi connectivity index (χ0n) is 57.9.